The van der Waals surface area contributed by atoms with Gasteiger partial charge in [0.1, 0.15) is 11.9 Å². The van der Waals surface area contributed by atoms with E-state index >= 15 is 4.39 Å². The van der Waals surface area contributed by atoms with Crippen LogP contribution in [0, 0.1) is 30.5 Å². The first-order valence-electron chi connectivity index (χ1n) is 16.4. The molecule has 4 rings (SSSR count). The van der Waals surface area contributed by atoms with Gasteiger partial charge in [0, 0.05) is 43.2 Å². The summed E-state index contributed by atoms with van der Waals surface area (Å²) < 4.78 is 45.0. The average Bonchev–Trinajstić information content (AvgIpc) is 3.49. The molecule has 2 heterocycles. The summed E-state index contributed by atoms with van der Waals surface area (Å²) in [6, 6.07) is 3.08. The molecule has 1 saturated carbocycles. The van der Waals surface area contributed by atoms with Crippen molar-refractivity contribution >= 4 is 46.9 Å². The number of aliphatic hydroxyl groups is 1. The third-order valence-electron chi connectivity index (χ3n) is 9.22. The lowest BCUT2D eigenvalue weighted by molar-refractivity contribution is -0.142. The zero-order valence-corrected chi connectivity index (χ0v) is 28.5. The summed E-state index contributed by atoms with van der Waals surface area (Å²) in [5, 5.41) is 16.2. The molecule has 0 bridgehead atoms. The monoisotopic (exact) mass is 691 g/mol. The van der Waals surface area contributed by atoms with Crippen molar-refractivity contribution in [2.45, 2.75) is 96.6 Å². The summed E-state index contributed by atoms with van der Waals surface area (Å²) in [6.45, 7) is 7.62. The van der Waals surface area contributed by atoms with Crippen molar-refractivity contribution in [3.8, 4) is 0 Å². The van der Waals surface area contributed by atoms with Crippen LogP contribution in [-0.2, 0) is 31.5 Å². The van der Waals surface area contributed by atoms with E-state index in [0.29, 0.717) is 67.3 Å². The molecule has 4 amide bonds. The normalized spacial score (nSPS) is 21.0. The molecule has 2 aliphatic rings. The Balaban J connectivity index is 1.49. The molecule has 3 N–H and O–H groups in total. The highest BCUT2D eigenvalue weighted by molar-refractivity contribution is 7.09. The number of hydrogen-bond acceptors (Lipinski definition) is 7. The summed E-state index contributed by atoms with van der Waals surface area (Å²) >= 11 is 0.646. The molecule has 0 radical (unpaired) electrons. The summed E-state index contributed by atoms with van der Waals surface area (Å²) in [5.41, 5.74) is -0.295. The molecule has 1 aliphatic carbocycles. The Morgan fingerprint density at radius 2 is 1.85 bits per heavy atom. The zero-order chi connectivity index (χ0) is 35.2. The van der Waals surface area contributed by atoms with Crippen molar-refractivity contribution < 1.29 is 37.5 Å². The van der Waals surface area contributed by atoms with Crippen LogP contribution >= 0.6 is 11.3 Å². The lowest BCUT2D eigenvalue weighted by Crippen LogP contribution is -2.53. The van der Waals surface area contributed by atoms with E-state index in [1.807, 2.05) is 0 Å². The fourth-order valence-electron chi connectivity index (χ4n) is 6.03. The van der Waals surface area contributed by atoms with Gasteiger partial charge in [0.2, 0.25) is 17.7 Å². The molecule has 10 nitrogen and oxygen atoms in total. The fourth-order valence-corrected chi connectivity index (χ4v) is 6.80. The molecule has 14 heteroatoms. The maximum absolute atomic E-state index is 15.4. The number of thiazole rings is 1. The van der Waals surface area contributed by atoms with Gasteiger partial charge in [-0.3, -0.25) is 19.2 Å². The third-order valence-corrected chi connectivity index (χ3v) is 10.2. The minimum atomic E-state index is -3.96. The predicted octanol–water partition coefficient (Wildman–Crippen LogP) is 5.17. The fraction of sp³-hybridized carbons (Fsp3) is 0.588. The van der Waals surface area contributed by atoms with Gasteiger partial charge in [-0.1, -0.05) is 32.8 Å². The van der Waals surface area contributed by atoms with Gasteiger partial charge in [0.05, 0.1) is 17.2 Å². The maximum atomic E-state index is 15.4. The van der Waals surface area contributed by atoms with E-state index in [1.165, 1.54) is 30.5 Å². The van der Waals surface area contributed by atoms with E-state index in [2.05, 4.69) is 27.5 Å². The first-order chi connectivity index (χ1) is 22.6. The number of aliphatic imine (C=N–C) groups is 1. The summed E-state index contributed by atoms with van der Waals surface area (Å²) in [4.78, 5) is 60.4. The van der Waals surface area contributed by atoms with Crippen LogP contribution in [0.2, 0.25) is 0 Å². The van der Waals surface area contributed by atoms with Crippen molar-refractivity contribution in [2.24, 2.45) is 22.7 Å². The van der Waals surface area contributed by atoms with Crippen LogP contribution in [-0.4, -0.2) is 69.6 Å². The van der Waals surface area contributed by atoms with Crippen molar-refractivity contribution in [2.75, 3.05) is 18.4 Å². The van der Waals surface area contributed by atoms with Crippen LogP contribution in [0.3, 0.4) is 0 Å². The predicted molar refractivity (Wildman–Crippen MR) is 176 cm³/mol. The Bertz CT molecular complexity index is 1510. The zero-order valence-electron chi connectivity index (χ0n) is 27.7. The van der Waals surface area contributed by atoms with Crippen LogP contribution in [0.5, 0.6) is 0 Å². The van der Waals surface area contributed by atoms with Gasteiger partial charge in [-0.15, -0.1) is 11.3 Å². The number of alkyl halides is 2. The van der Waals surface area contributed by atoms with Gasteiger partial charge in [0.15, 0.2) is 5.01 Å². The number of rotatable bonds is 11. The number of amides is 4. The van der Waals surface area contributed by atoms with Crippen molar-refractivity contribution in [1.82, 2.24) is 15.2 Å². The Labute approximate surface area is 282 Å². The quantitative estimate of drug-likeness (QED) is 0.278. The van der Waals surface area contributed by atoms with E-state index in [1.54, 1.807) is 18.7 Å². The number of hydrogen-bond donors (Lipinski definition) is 3. The van der Waals surface area contributed by atoms with E-state index in [0.717, 1.165) is 19.1 Å². The third kappa shape index (κ3) is 9.49. The molecule has 2 fully saturated rings. The lowest BCUT2D eigenvalue weighted by Gasteiger charge is -2.37. The lowest BCUT2D eigenvalue weighted by atomic mass is 9.76. The minimum absolute atomic E-state index is 0.00685. The molecule has 1 unspecified atom stereocenters. The molecule has 2 atom stereocenters. The van der Waals surface area contributed by atoms with Crippen LogP contribution in [0.4, 0.5) is 18.9 Å². The number of aryl methyl sites for hydroxylation is 1. The molecule has 1 saturated heterocycles. The van der Waals surface area contributed by atoms with Crippen molar-refractivity contribution in [3.05, 3.63) is 45.7 Å². The Morgan fingerprint density at radius 3 is 2.44 bits per heavy atom. The number of piperidine rings is 1. The number of nitrogens with zero attached hydrogens (tertiary/aromatic N) is 3. The van der Waals surface area contributed by atoms with Gasteiger partial charge in [-0.05, 0) is 69.1 Å². The highest BCUT2D eigenvalue weighted by Crippen LogP contribution is 2.35. The minimum Gasteiger partial charge on any atom is -0.390 e. The largest absolute Gasteiger partial charge is 0.390 e. The van der Waals surface area contributed by atoms with E-state index in [-0.39, 0.29) is 36.3 Å². The first kappa shape index (κ1) is 37.2. The summed E-state index contributed by atoms with van der Waals surface area (Å²) in [6.07, 6.45) is 4.70. The number of nitrogens with one attached hydrogen (secondary N) is 2. The number of halogens is 3. The number of anilines is 1. The Morgan fingerprint density at radius 1 is 1.19 bits per heavy atom. The topological polar surface area (TPSA) is 141 Å². The van der Waals surface area contributed by atoms with Crippen LogP contribution in [0.1, 0.15) is 82.0 Å². The number of benzene rings is 1. The number of carbonyl (C=O) groups excluding carboxylic acids is 4. The van der Waals surface area contributed by atoms with Gasteiger partial charge in [-0.2, -0.15) is 8.78 Å². The molecule has 48 heavy (non-hydrogen) atoms. The molecule has 1 aromatic heterocycles. The second-order valence-corrected chi connectivity index (χ2v) is 14.2. The maximum Gasteiger partial charge on any atom is 0.377 e. The van der Waals surface area contributed by atoms with Crippen LogP contribution in [0.15, 0.2) is 28.6 Å². The SMILES string of the molecule is CCC(=O)N[C@H](Cc1ccc(NC(=O)C(/C=N/C(=O)C(F)(F)c2nc(C)cs2)[C@H]2CC[C@H](C)CC2)c(F)c1)C(=O)N1CCC(C)(O)CC1. The highest BCUT2D eigenvalue weighted by atomic mass is 32.1. The molecular formula is C34H44F3N5O5S. The number of aromatic nitrogens is 1. The standard InChI is InChI=1S/C34H44F3N5O5S/c1-5-28(43)40-27(30(45)42-14-12-33(4,47)13-15-42)17-22-8-11-26(25(35)16-22)41-29(44)24(23-9-6-20(2)7-10-23)18-38-31(46)34(36,37)32-39-21(3)19-48-32/h8,11,16,18-20,23-24,27,47H,5-7,9-10,12-15,17H2,1-4H3,(H,40,43)(H,41,44)/b38-18+/t20-,23-,24?,27-/m1/s1. The Hall–Kier alpha value is -3.65. The summed E-state index contributed by atoms with van der Waals surface area (Å²) in [5.74, 6) is -8.77. The molecule has 1 aliphatic heterocycles. The van der Waals surface area contributed by atoms with Gasteiger partial charge >= 0.3 is 11.8 Å². The van der Waals surface area contributed by atoms with E-state index in [4.69, 9.17) is 0 Å². The number of likely N-dealkylation sites (tertiary alicyclic amines) is 1. The van der Waals surface area contributed by atoms with Crippen molar-refractivity contribution in [1.29, 1.82) is 0 Å². The Kier molecular flexibility index (Phi) is 12.2. The van der Waals surface area contributed by atoms with Crippen molar-refractivity contribution in [3.63, 3.8) is 0 Å². The van der Waals surface area contributed by atoms with Gasteiger partial charge in [-0.25, -0.2) is 14.4 Å². The van der Waals surface area contributed by atoms with E-state index < -0.39 is 46.1 Å². The number of carbonyl (C=O) groups is 4. The summed E-state index contributed by atoms with van der Waals surface area (Å²) in [7, 11) is 0. The van der Waals surface area contributed by atoms with E-state index in [9.17, 15) is 33.1 Å². The van der Waals surface area contributed by atoms with Crippen LogP contribution < -0.4 is 10.6 Å². The molecule has 2 aromatic rings. The average molecular weight is 692 g/mol. The van der Waals surface area contributed by atoms with Crippen LogP contribution in [0.25, 0.3) is 0 Å². The highest BCUT2D eigenvalue weighted by Gasteiger charge is 2.44. The molecule has 262 valence electrons. The smallest absolute Gasteiger partial charge is 0.377 e. The molecular weight excluding hydrogens is 647 g/mol. The van der Waals surface area contributed by atoms with Gasteiger partial charge in [0.25, 0.3) is 0 Å². The second kappa shape index (κ2) is 15.7. The van der Waals surface area contributed by atoms with Gasteiger partial charge < -0.3 is 20.6 Å². The first-order valence-corrected chi connectivity index (χ1v) is 17.3. The molecule has 1 aromatic carbocycles. The second-order valence-electron chi connectivity index (χ2n) is 13.3. The molecule has 0 spiro atoms.